The third kappa shape index (κ3) is 3.81. The van der Waals surface area contributed by atoms with Crippen LogP contribution in [0.25, 0.3) is 6.08 Å². The van der Waals surface area contributed by atoms with Crippen LogP contribution in [-0.4, -0.2) is 5.91 Å². The summed E-state index contributed by atoms with van der Waals surface area (Å²) in [6.07, 6.45) is 1.61. The molecule has 100 valence electrons. The summed E-state index contributed by atoms with van der Waals surface area (Å²) in [4.78, 5) is 12.8. The lowest BCUT2D eigenvalue weighted by Crippen LogP contribution is -2.23. The maximum atomic E-state index is 11.9. The number of hydrogen-bond acceptors (Lipinski definition) is 3. The minimum Gasteiger partial charge on any atom is -0.347 e. The predicted octanol–water partition coefficient (Wildman–Crippen LogP) is 3.28. The zero-order valence-electron chi connectivity index (χ0n) is 11.1. The van der Waals surface area contributed by atoms with E-state index in [0.717, 1.165) is 10.4 Å². The summed E-state index contributed by atoms with van der Waals surface area (Å²) in [6, 6.07) is 13.6. The fourth-order valence-corrected chi connectivity index (χ4v) is 2.31. The van der Waals surface area contributed by atoms with E-state index in [9.17, 15) is 4.79 Å². The average Bonchev–Trinajstić information content (AvgIpc) is 2.97. The highest BCUT2D eigenvalue weighted by molar-refractivity contribution is 7.10. The van der Waals surface area contributed by atoms with Crippen LogP contribution in [0.3, 0.4) is 0 Å². The van der Waals surface area contributed by atoms with Crippen LogP contribution in [0.2, 0.25) is 0 Å². The molecule has 3 nitrogen and oxygen atoms in total. The molecule has 0 aliphatic rings. The number of carbonyl (C=O) groups is 1. The number of nitrogens with zero attached hydrogens (tertiary/aromatic N) is 1. The van der Waals surface area contributed by atoms with Crippen LogP contribution in [0.5, 0.6) is 0 Å². The molecule has 0 spiro atoms. The van der Waals surface area contributed by atoms with E-state index in [0.29, 0.717) is 6.54 Å². The van der Waals surface area contributed by atoms with Gasteiger partial charge in [0.2, 0.25) is 0 Å². The highest BCUT2D eigenvalue weighted by Gasteiger charge is 2.08. The van der Waals surface area contributed by atoms with Crippen LogP contribution in [-0.2, 0) is 11.3 Å². The van der Waals surface area contributed by atoms with Crippen molar-refractivity contribution in [2.75, 3.05) is 0 Å². The zero-order valence-corrected chi connectivity index (χ0v) is 11.9. The Morgan fingerprint density at radius 1 is 1.35 bits per heavy atom. The van der Waals surface area contributed by atoms with E-state index in [1.54, 1.807) is 6.08 Å². The Hall–Kier alpha value is -2.38. The lowest BCUT2D eigenvalue weighted by atomic mass is 10.1. The smallest absolute Gasteiger partial charge is 0.262 e. The SMILES string of the molecule is Cc1ccc(CNC(=O)/C(C#N)=C/c2cccs2)cc1. The molecule has 0 saturated carbocycles. The van der Waals surface area contributed by atoms with E-state index >= 15 is 0 Å². The highest BCUT2D eigenvalue weighted by atomic mass is 32.1. The third-order valence-corrected chi connectivity index (χ3v) is 3.59. The molecule has 0 saturated heterocycles. The first-order valence-corrected chi connectivity index (χ1v) is 7.06. The summed E-state index contributed by atoms with van der Waals surface area (Å²) in [5.41, 5.74) is 2.31. The Morgan fingerprint density at radius 3 is 2.70 bits per heavy atom. The number of thiophene rings is 1. The van der Waals surface area contributed by atoms with Gasteiger partial charge in [-0.3, -0.25) is 4.79 Å². The van der Waals surface area contributed by atoms with Gasteiger partial charge in [0.05, 0.1) is 0 Å². The summed E-state index contributed by atoms with van der Waals surface area (Å²) < 4.78 is 0. The van der Waals surface area contributed by atoms with Gasteiger partial charge in [-0.2, -0.15) is 5.26 Å². The topological polar surface area (TPSA) is 52.9 Å². The van der Waals surface area contributed by atoms with Crippen molar-refractivity contribution in [1.29, 1.82) is 5.26 Å². The molecule has 20 heavy (non-hydrogen) atoms. The molecule has 1 heterocycles. The molecule has 0 atom stereocenters. The first kappa shape index (κ1) is 14.0. The molecule has 0 unspecified atom stereocenters. The van der Waals surface area contributed by atoms with Gasteiger partial charge in [0.15, 0.2) is 0 Å². The quantitative estimate of drug-likeness (QED) is 0.691. The number of nitrogens with one attached hydrogen (secondary N) is 1. The molecule has 0 bridgehead atoms. The Balaban J connectivity index is 2.00. The molecule has 0 aliphatic heterocycles. The predicted molar refractivity (Wildman–Crippen MR) is 80.9 cm³/mol. The second-order valence-electron chi connectivity index (χ2n) is 4.35. The molecule has 2 rings (SSSR count). The standard InChI is InChI=1S/C16H14N2OS/c1-12-4-6-13(7-5-12)11-18-16(19)14(10-17)9-15-3-2-8-20-15/h2-9H,11H2,1H3,(H,18,19)/b14-9+. The van der Waals surface area contributed by atoms with Gasteiger partial charge < -0.3 is 5.32 Å². The van der Waals surface area contributed by atoms with Gasteiger partial charge in [-0.1, -0.05) is 35.9 Å². The van der Waals surface area contributed by atoms with Crippen molar-refractivity contribution in [2.45, 2.75) is 13.5 Å². The van der Waals surface area contributed by atoms with Gasteiger partial charge in [0.1, 0.15) is 11.6 Å². The normalized spacial score (nSPS) is 10.9. The molecular weight excluding hydrogens is 268 g/mol. The van der Waals surface area contributed by atoms with Crippen LogP contribution < -0.4 is 5.32 Å². The maximum Gasteiger partial charge on any atom is 0.262 e. The zero-order chi connectivity index (χ0) is 14.4. The second kappa shape index (κ2) is 6.69. The largest absolute Gasteiger partial charge is 0.347 e. The van der Waals surface area contributed by atoms with E-state index in [1.165, 1.54) is 16.9 Å². The molecule has 0 radical (unpaired) electrons. The number of rotatable bonds is 4. The van der Waals surface area contributed by atoms with Crippen molar-refractivity contribution in [3.8, 4) is 6.07 Å². The van der Waals surface area contributed by atoms with Crippen LogP contribution in [0, 0.1) is 18.3 Å². The first-order valence-electron chi connectivity index (χ1n) is 6.18. The lowest BCUT2D eigenvalue weighted by Gasteiger charge is -2.04. The van der Waals surface area contributed by atoms with Crippen LogP contribution >= 0.6 is 11.3 Å². The van der Waals surface area contributed by atoms with Crippen molar-refractivity contribution in [3.63, 3.8) is 0 Å². The average molecular weight is 282 g/mol. The van der Waals surface area contributed by atoms with Gasteiger partial charge >= 0.3 is 0 Å². The minimum atomic E-state index is -0.346. The second-order valence-corrected chi connectivity index (χ2v) is 5.33. The first-order chi connectivity index (χ1) is 9.69. The fourth-order valence-electron chi connectivity index (χ4n) is 1.65. The maximum absolute atomic E-state index is 11.9. The number of aryl methyl sites for hydroxylation is 1. The van der Waals surface area contributed by atoms with Crippen LogP contribution in [0.1, 0.15) is 16.0 Å². The molecule has 1 amide bonds. The Labute approximate surface area is 122 Å². The van der Waals surface area contributed by atoms with Crippen molar-refractivity contribution in [2.24, 2.45) is 0 Å². The van der Waals surface area contributed by atoms with Crippen LogP contribution in [0.4, 0.5) is 0 Å². The monoisotopic (exact) mass is 282 g/mol. The van der Waals surface area contributed by atoms with Crippen LogP contribution in [0.15, 0.2) is 47.4 Å². The summed E-state index contributed by atoms with van der Waals surface area (Å²) in [6.45, 7) is 2.43. The summed E-state index contributed by atoms with van der Waals surface area (Å²) in [7, 11) is 0. The molecule has 1 aromatic carbocycles. The van der Waals surface area contributed by atoms with Gasteiger partial charge in [0.25, 0.3) is 5.91 Å². The van der Waals surface area contributed by atoms with E-state index in [2.05, 4.69) is 5.32 Å². The number of hydrogen-bond donors (Lipinski definition) is 1. The van der Waals surface area contributed by atoms with Gasteiger partial charge in [-0.25, -0.2) is 0 Å². The Bertz CT molecular complexity index is 649. The lowest BCUT2D eigenvalue weighted by molar-refractivity contribution is -0.117. The molecule has 2 aromatic rings. The fraction of sp³-hybridized carbons (Fsp3) is 0.125. The Morgan fingerprint density at radius 2 is 2.10 bits per heavy atom. The van der Waals surface area contributed by atoms with Crippen molar-refractivity contribution in [1.82, 2.24) is 5.32 Å². The molecule has 1 aromatic heterocycles. The van der Waals surface area contributed by atoms with E-state index < -0.39 is 0 Å². The van der Waals surface area contributed by atoms with Gasteiger partial charge in [-0.15, -0.1) is 11.3 Å². The van der Waals surface area contributed by atoms with Gasteiger partial charge in [-0.05, 0) is 30.0 Å². The number of nitriles is 1. The third-order valence-electron chi connectivity index (χ3n) is 2.77. The molecular formula is C16H14N2OS. The summed E-state index contributed by atoms with van der Waals surface area (Å²) in [5, 5.41) is 13.7. The van der Waals surface area contributed by atoms with Crippen molar-refractivity contribution in [3.05, 3.63) is 63.4 Å². The summed E-state index contributed by atoms with van der Waals surface area (Å²) in [5.74, 6) is -0.346. The molecule has 1 N–H and O–H groups in total. The number of amides is 1. The van der Waals surface area contributed by atoms with Crippen molar-refractivity contribution < 1.29 is 4.79 Å². The molecule has 4 heteroatoms. The number of carbonyl (C=O) groups excluding carboxylic acids is 1. The van der Waals surface area contributed by atoms with Crippen molar-refractivity contribution >= 4 is 23.3 Å². The van der Waals surface area contributed by atoms with Gasteiger partial charge in [0, 0.05) is 11.4 Å². The molecule has 0 aliphatic carbocycles. The van der Waals surface area contributed by atoms with E-state index in [-0.39, 0.29) is 11.5 Å². The van der Waals surface area contributed by atoms with E-state index in [4.69, 9.17) is 5.26 Å². The number of benzene rings is 1. The minimum absolute atomic E-state index is 0.125. The highest BCUT2D eigenvalue weighted by Crippen LogP contribution is 2.13. The summed E-state index contributed by atoms with van der Waals surface area (Å²) >= 11 is 1.49. The molecule has 0 fully saturated rings. The Kier molecular flexibility index (Phi) is 4.70. The van der Waals surface area contributed by atoms with E-state index in [1.807, 2.05) is 54.8 Å².